The third-order valence-electron chi connectivity index (χ3n) is 2.87. The van der Waals surface area contributed by atoms with Crippen molar-refractivity contribution in [2.45, 2.75) is 12.8 Å². The van der Waals surface area contributed by atoms with Crippen LogP contribution in [0.25, 0.3) is 0 Å². The number of phenolic OH excluding ortho intramolecular Hbond substituents is 1. The molecule has 2 N–H and O–H groups in total. The lowest BCUT2D eigenvalue weighted by molar-refractivity contribution is 0.0952. The summed E-state index contributed by atoms with van der Waals surface area (Å²) in [5.41, 5.74) is 3.68. The normalized spacial score (nSPS) is 10.7. The predicted molar refractivity (Wildman–Crippen MR) is 83.8 cm³/mol. The van der Waals surface area contributed by atoms with Crippen LogP contribution in [-0.4, -0.2) is 17.2 Å². The molecule has 0 aliphatic heterocycles. The van der Waals surface area contributed by atoms with Crippen molar-refractivity contribution in [3.8, 4) is 5.75 Å². The molecule has 0 radical (unpaired) electrons. The van der Waals surface area contributed by atoms with Crippen LogP contribution in [0.4, 0.5) is 0 Å². The van der Waals surface area contributed by atoms with Gasteiger partial charge in [-0.3, -0.25) is 4.79 Å². The van der Waals surface area contributed by atoms with Crippen molar-refractivity contribution in [1.82, 2.24) is 5.43 Å². The quantitative estimate of drug-likeness (QED) is 0.657. The van der Waals surface area contributed by atoms with Gasteiger partial charge in [-0.25, -0.2) is 5.43 Å². The number of phenols is 1. The largest absolute Gasteiger partial charge is 0.507 e. The van der Waals surface area contributed by atoms with Crippen LogP contribution in [0, 0.1) is 0 Å². The van der Waals surface area contributed by atoms with Crippen LogP contribution in [0.5, 0.6) is 5.75 Å². The number of nitrogens with zero attached hydrogens (tertiary/aromatic N) is 1. The molecule has 21 heavy (non-hydrogen) atoms. The Morgan fingerprint density at radius 3 is 2.76 bits per heavy atom. The van der Waals surface area contributed by atoms with Crippen LogP contribution < -0.4 is 5.43 Å². The summed E-state index contributed by atoms with van der Waals surface area (Å²) in [4.78, 5) is 11.8. The number of carbonyl (C=O) groups is 1. The number of hydrogen-bond donors (Lipinski definition) is 2. The third-order valence-corrected chi connectivity index (χ3v) is 3.10. The van der Waals surface area contributed by atoms with Crippen molar-refractivity contribution < 1.29 is 9.90 Å². The number of rotatable bonds is 5. The lowest BCUT2D eigenvalue weighted by Crippen LogP contribution is -2.17. The first kappa shape index (κ1) is 15.1. The molecule has 0 spiro atoms. The molecular weight excluding hydrogens is 288 g/mol. The Balaban J connectivity index is 1.83. The Bertz CT molecular complexity index is 642. The van der Waals surface area contributed by atoms with Gasteiger partial charge in [-0.15, -0.1) is 0 Å². The van der Waals surface area contributed by atoms with Crippen molar-refractivity contribution >= 4 is 23.7 Å². The number of aryl methyl sites for hydroxylation is 1. The van der Waals surface area contributed by atoms with E-state index in [4.69, 9.17) is 11.6 Å². The summed E-state index contributed by atoms with van der Waals surface area (Å²) in [5, 5.41) is 13.8. The summed E-state index contributed by atoms with van der Waals surface area (Å²) in [5.74, 6) is -0.623. The number of amides is 1. The fourth-order valence-electron chi connectivity index (χ4n) is 1.80. The van der Waals surface area contributed by atoms with Gasteiger partial charge in [0, 0.05) is 11.2 Å². The topological polar surface area (TPSA) is 61.7 Å². The Morgan fingerprint density at radius 1 is 1.24 bits per heavy atom. The first-order valence-corrected chi connectivity index (χ1v) is 6.89. The molecule has 2 aromatic carbocycles. The predicted octanol–water partition coefficient (Wildman–Crippen LogP) is 3.39. The monoisotopic (exact) mass is 302 g/mol. The highest BCUT2D eigenvalue weighted by Crippen LogP contribution is 2.21. The van der Waals surface area contributed by atoms with Gasteiger partial charge in [-0.2, -0.15) is 5.10 Å². The second-order valence-electron chi connectivity index (χ2n) is 4.44. The molecule has 0 saturated carbocycles. The van der Waals surface area contributed by atoms with Gasteiger partial charge in [0.25, 0.3) is 5.91 Å². The average Bonchev–Trinajstić information content (AvgIpc) is 2.50. The van der Waals surface area contributed by atoms with Crippen molar-refractivity contribution in [1.29, 1.82) is 0 Å². The molecule has 0 aliphatic carbocycles. The zero-order valence-electron chi connectivity index (χ0n) is 11.3. The number of benzene rings is 2. The van der Waals surface area contributed by atoms with Gasteiger partial charge >= 0.3 is 0 Å². The Kier molecular flexibility index (Phi) is 5.35. The maximum atomic E-state index is 11.8. The molecule has 2 rings (SSSR count). The summed E-state index contributed by atoms with van der Waals surface area (Å²) < 4.78 is 0. The molecule has 0 fully saturated rings. The van der Waals surface area contributed by atoms with E-state index in [1.807, 2.05) is 30.3 Å². The lowest BCUT2D eigenvalue weighted by Gasteiger charge is -2.03. The van der Waals surface area contributed by atoms with Crippen LogP contribution in [-0.2, 0) is 6.42 Å². The maximum absolute atomic E-state index is 11.8. The molecule has 0 aliphatic rings. The van der Waals surface area contributed by atoms with Crippen LogP contribution in [0.2, 0.25) is 5.02 Å². The van der Waals surface area contributed by atoms with E-state index < -0.39 is 5.91 Å². The summed E-state index contributed by atoms with van der Waals surface area (Å²) in [6.45, 7) is 0. The van der Waals surface area contributed by atoms with Crippen LogP contribution >= 0.6 is 11.6 Å². The van der Waals surface area contributed by atoms with Gasteiger partial charge in [0.05, 0.1) is 5.56 Å². The summed E-state index contributed by atoms with van der Waals surface area (Å²) in [6, 6.07) is 14.3. The molecule has 108 valence electrons. The minimum absolute atomic E-state index is 0.0997. The summed E-state index contributed by atoms with van der Waals surface area (Å²) >= 11 is 5.78. The van der Waals surface area contributed by atoms with E-state index >= 15 is 0 Å². The fourth-order valence-corrected chi connectivity index (χ4v) is 1.97. The van der Waals surface area contributed by atoms with Crippen LogP contribution in [0.1, 0.15) is 22.3 Å². The minimum Gasteiger partial charge on any atom is -0.507 e. The maximum Gasteiger partial charge on any atom is 0.275 e. The first-order chi connectivity index (χ1) is 10.2. The Morgan fingerprint density at radius 2 is 2.00 bits per heavy atom. The smallest absolute Gasteiger partial charge is 0.275 e. The van der Waals surface area contributed by atoms with E-state index in [2.05, 4.69) is 10.5 Å². The number of carbonyl (C=O) groups excluding carboxylic acids is 1. The van der Waals surface area contributed by atoms with Gasteiger partial charge in [0.1, 0.15) is 5.75 Å². The lowest BCUT2D eigenvalue weighted by atomic mass is 10.1. The Hall–Kier alpha value is -2.33. The fraction of sp³-hybridized carbons (Fsp3) is 0.125. The molecule has 0 atom stereocenters. The SMILES string of the molecule is O=C(N/N=C/CCc1ccccc1)c1cc(Cl)ccc1O. The summed E-state index contributed by atoms with van der Waals surface area (Å²) in [6.07, 6.45) is 3.20. The molecule has 0 bridgehead atoms. The highest BCUT2D eigenvalue weighted by molar-refractivity contribution is 6.31. The van der Waals surface area contributed by atoms with E-state index in [1.165, 1.54) is 23.8 Å². The second-order valence-corrected chi connectivity index (χ2v) is 4.87. The zero-order chi connectivity index (χ0) is 15.1. The zero-order valence-corrected chi connectivity index (χ0v) is 12.0. The molecule has 2 aromatic rings. The van der Waals surface area contributed by atoms with Gasteiger partial charge in [0.2, 0.25) is 0 Å². The molecule has 5 heteroatoms. The highest BCUT2D eigenvalue weighted by atomic mass is 35.5. The number of aromatic hydroxyl groups is 1. The first-order valence-electron chi connectivity index (χ1n) is 6.51. The van der Waals surface area contributed by atoms with E-state index in [-0.39, 0.29) is 11.3 Å². The van der Waals surface area contributed by atoms with E-state index in [9.17, 15) is 9.90 Å². The highest BCUT2D eigenvalue weighted by Gasteiger charge is 2.10. The number of hydrazone groups is 1. The van der Waals surface area contributed by atoms with Crippen LogP contribution in [0.3, 0.4) is 0 Å². The van der Waals surface area contributed by atoms with Crippen molar-refractivity contribution in [2.24, 2.45) is 5.10 Å². The van der Waals surface area contributed by atoms with E-state index in [1.54, 1.807) is 6.21 Å². The molecule has 1 amide bonds. The summed E-state index contributed by atoms with van der Waals surface area (Å²) in [7, 11) is 0. The van der Waals surface area contributed by atoms with Gasteiger partial charge < -0.3 is 5.11 Å². The third kappa shape index (κ3) is 4.61. The van der Waals surface area contributed by atoms with Crippen molar-refractivity contribution in [2.75, 3.05) is 0 Å². The standard InChI is InChI=1S/C16H15ClN2O2/c17-13-8-9-15(20)14(11-13)16(21)19-18-10-4-7-12-5-2-1-3-6-12/h1-3,5-6,8-11,20H,4,7H2,(H,19,21)/b18-10+. The van der Waals surface area contributed by atoms with E-state index in [0.29, 0.717) is 11.4 Å². The van der Waals surface area contributed by atoms with Gasteiger partial charge in [0.15, 0.2) is 0 Å². The van der Waals surface area contributed by atoms with Gasteiger partial charge in [-0.1, -0.05) is 41.9 Å². The average molecular weight is 303 g/mol. The molecule has 0 saturated heterocycles. The Labute approximate surface area is 128 Å². The van der Waals surface area contributed by atoms with E-state index in [0.717, 1.165) is 6.42 Å². The number of hydrogen-bond acceptors (Lipinski definition) is 3. The second kappa shape index (κ2) is 7.45. The number of nitrogens with one attached hydrogen (secondary N) is 1. The van der Waals surface area contributed by atoms with Crippen LogP contribution in [0.15, 0.2) is 53.6 Å². The molecule has 0 unspecified atom stereocenters. The van der Waals surface area contributed by atoms with Crippen molar-refractivity contribution in [3.05, 3.63) is 64.7 Å². The minimum atomic E-state index is -0.494. The molecule has 4 nitrogen and oxygen atoms in total. The van der Waals surface area contributed by atoms with Gasteiger partial charge in [-0.05, 0) is 36.6 Å². The molecule has 0 aromatic heterocycles. The molecular formula is C16H15ClN2O2. The molecule has 0 heterocycles. The number of halogens is 1. The van der Waals surface area contributed by atoms with Crippen molar-refractivity contribution in [3.63, 3.8) is 0 Å².